The summed E-state index contributed by atoms with van der Waals surface area (Å²) in [6, 6.07) is 0. The van der Waals surface area contributed by atoms with Crippen LogP contribution in [0.15, 0.2) is 0 Å². The van der Waals surface area contributed by atoms with E-state index in [-0.39, 0.29) is 31.1 Å². The van der Waals surface area contributed by atoms with Crippen LogP contribution in [0.4, 0.5) is 0 Å². The monoisotopic (exact) mass is 484 g/mol. The third-order valence-electron chi connectivity index (χ3n) is 5.79. The standard InChI is InChI=1S/C28H52O6/c1-5-7-9-11-15-19-26(29)32-22-25(34-28(31)21-16-12-10-8-6-2)23-33-27(30)20-17-13-14-18-24(3)4/h24-25H,5-23H2,1-4H3. The first-order chi connectivity index (χ1) is 16.4. The molecule has 0 aromatic carbocycles. The van der Waals surface area contributed by atoms with Crippen LogP contribution in [0.1, 0.15) is 137 Å². The van der Waals surface area contributed by atoms with Gasteiger partial charge in [-0.2, -0.15) is 0 Å². The van der Waals surface area contributed by atoms with E-state index in [1.807, 2.05) is 0 Å². The van der Waals surface area contributed by atoms with E-state index in [0.29, 0.717) is 25.2 Å². The minimum atomic E-state index is -0.753. The van der Waals surface area contributed by atoms with Crippen LogP contribution in [0.2, 0.25) is 0 Å². The molecule has 0 amide bonds. The lowest BCUT2D eigenvalue weighted by atomic mass is 10.0. The van der Waals surface area contributed by atoms with E-state index < -0.39 is 6.10 Å². The molecule has 0 aliphatic heterocycles. The predicted molar refractivity (Wildman–Crippen MR) is 136 cm³/mol. The molecule has 1 unspecified atom stereocenters. The van der Waals surface area contributed by atoms with E-state index in [1.54, 1.807) is 0 Å². The van der Waals surface area contributed by atoms with Gasteiger partial charge in [-0.25, -0.2) is 0 Å². The lowest BCUT2D eigenvalue weighted by Gasteiger charge is -2.18. The maximum atomic E-state index is 12.2. The molecule has 0 aliphatic rings. The van der Waals surface area contributed by atoms with Crippen LogP contribution < -0.4 is 0 Å². The molecule has 34 heavy (non-hydrogen) atoms. The normalized spacial score (nSPS) is 11.9. The first kappa shape index (κ1) is 32.4. The zero-order valence-corrected chi connectivity index (χ0v) is 22.5. The van der Waals surface area contributed by atoms with E-state index in [0.717, 1.165) is 77.0 Å². The van der Waals surface area contributed by atoms with E-state index in [1.165, 1.54) is 12.8 Å². The van der Waals surface area contributed by atoms with Crippen molar-refractivity contribution in [2.24, 2.45) is 5.92 Å². The van der Waals surface area contributed by atoms with Crippen molar-refractivity contribution in [3.05, 3.63) is 0 Å². The summed E-state index contributed by atoms with van der Waals surface area (Å²) in [5.74, 6) is -0.254. The summed E-state index contributed by atoms with van der Waals surface area (Å²) in [6.07, 6.45) is 14.8. The molecule has 0 aromatic rings. The molecule has 0 bridgehead atoms. The quantitative estimate of drug-likeness (QED) is 0.0859. The summed E-state index contributed by atoms with van der Waals surface area (Å²) in [6.45, 7) is 8.55. The summed E-state index contributed by atoms with van der Waals surface area (Å²) >= 11 is 0. The van der Waals surface area contributed by atoms with Gasteiger partial charge in [0, 0.05) is 19.3 Å². The van der Waals surface area contributed by atoms with Gasteiger partial charge in [0.25, 0.3) is 0 Å². The molecule has 0 N–H and O–H groups in total. The fraction of sp³-hybridized carbons (Fsp3) is 0.893. The number of hydrogen-bond acceptors (Lipinski definition) is 6. The van der Waals surface area contributed by atoms with E-state index in [2.05, 4.69) is 27.7 Å². The summed E-state index contributed by atoms with van der Waals surface area (Å²) in [5, 5.41) is 0. The summed E-state index contributed by atoms with van der Waals surface area (Å²) in [4.78, 5) is 36.4. The average Bonchev–Trinajstić information content (AvgIpc) is 2.80. The van der Waals surface area contributed by atoms with E-state index in [4.69, 9.17) is 14.2 Å². The smallest absolute Gasteiger partial charge is 0.306 e. The van der Waals surface area contributed by atoms with Crippen LogP contribution in [0.25, 0.3) is 0 Å². The Hall–Kier alpha value is -1.59. The van der Waals surface area contributed by atoms with Crippen molar-refractivity contribution in [1.29, 1.82) is 0 Å². The molecule has 6 nitrogen and oxygen atoms in total. The van der Waals surface area contributed by atoms with Gasteiger partial charge in [-0.05, 0) is 25.2 Å². The van der Waals surface area contributed by atoms with Gasteiger partial charge in [0.05, 0.1) is 0 Å². The number of unbranched alkanes of at least 4 members (excludes halogenated alkanes) is 10. The second kappa shape index (κ2) is 23.2. The van der Waals surface area contributed by atoms with Gasteiger partial charge in [0.15, 0.2) is 6.10 Å². The Balaban J connectivity index is 4.38. The molecule has 0 saturated carbocycles. The molecule has 0 aromatic heterocycles. The minimum absolute atomic E-state index is 0.0724. The van der Waals surface area contributed by atoms with Crippen molar-refractivity contribution in [1.82, 2.24) is 0 Å². The Kier molecular flexibility index (Phi) is 22.1. The van der Waals surface area contributed by atoms with Gasteiger partial charge in [-0.1, -0.05) is 98.3 Å². The lowest BCUT2D eigenvalue weighted by molar-refractivity contribution is -0.167. The Labute approximate surface area is 208 Å². The third-order valence-corrected chi connectivity index (χ3v) is 5.79. The Bertz CT molecular complexity index is 517. The second-order valence-corrected chi connectivity index (χ2v) is 9.80. The van der Waals surface area contributed by atoms with Crippen LogP contribution >= 0.6 is 0 Å². The van der Waals surface area contributed by atoms with Crippen molar-refractivity contribution in [3.8, 4) is 0 Å². The first-order valence-corrected chi connectivity index (χ1v) is 13.9. The largest absolute Gasteiger partial charge is 0.462 e. The van der Waals surface area contributed by atoms with Crippen molar-refractivity contribution in [2.75, 3.05) is 13.2 Å². The van der Waals surface area contributed by atoms with Gasteiger partial charge >= 0.3 is 17.9 Å². The third kappa shape index (κ3) is 22.2. The number of hydrogen-bond donors (Lipinski definition) is 0. The topological polar surface area (TPSA) is 78.9 Å². The zero-order valence-electron chi connectivity index (χ0n) is 22.5. The zero-order chi connectivity index (χ0) is 25.4. The molecule has 6 heteroatoms. The number of ether oxygens (including phenoxy) is 3. The minimum Gasteiger partial charge on any atom is -0.462 e. The van der Waals surface area contributed by atoms with Crippen LogP contribution in [0, 0.1) is 5.92 Å². The van der Waals surface area contributed by atoms with Gasteiger partial charge in [0.1, 0.15) is 13.2 Å². The van der Waals surface area contributed by atoms with Gasteiger partial charge in [-0.3, -0.25) is 14.4 Å². The summed E-state index contributed by atoms with van der Waals surface area (Å²) in [7, 11) is 0. The maximum Gasteiger partial charge on any atom is 0.306 e. The Morgan fingerprint density at radius 1 is 0.559 bits per heavy atom. The highest BCUT2D eigenvalue weighted by Gasteiger charge is 2.19. The highest BCUT2D eigenvalue weighted by Crippen LogP contribution is 2.11. The van der Waals surface area contributed by atoms with Crippen molar-refractivity contribution in [2.45, 2.75) is 143 Å². The molecule has 0 radical (unpaired) electrons. The number of rotatable bonds is 23. The molecule has 200 valence electrons. The highest BCUT2D eigenvalue weighted by atomic mass is 16.6. The molecular formula is C28H52O6. The average molecular weight is 485 g/mol. The Morgan fingerprint density at radius 2 is 0.971 bits per heavy atom. The van der Waals surface area contributed by atoms with Crippen LogP contribution in [0.5, 0.6) is 0 Å². The molecule has 0 spiro atoms. The lowest BCUT2D eigenvalue weighted by Crippen LogP contribution is -2.30. The maximum absolute atomic E-state index is 12.2. The molecule has 0 saturated heterocycles. The SMILES string of the molecule is CCCCCCCC(=O)OCC(COC(=O)CCCCCC(C)C)OC(=O)CCCCCCC. The second-order valence-electron chi connectivity index (χ2n) is 9.80. The van der Waals surface area contributed by atoms with Crippen LogP contribution in [-0.2, 0) is 28.6 Å². The molecule has 0 aliphatic carbocycles. The summed E-state index contributed by atoms with van der Waals surface area (Å²) < 4.78 is 16.2. The molecule has 1 atom stereocenters. The molecule has 0 rings (SSSR count). The van der Waals surface area contributed by atoms with Gasteiger partial charge in [0.2, 0.25) is 0 Å². The molecular weight excluding hydrogens is 432 g/mol. The number of esters is 3. The van der Waals surface area contributed by atoms with Gasteiger partial charge in [-0.15, -0.1) is 0 Å². The summed E-state index contributed by atoms with van der Waals surface area (Å²) in [5.41, 5.74) is 0. The van der Waals surface area contributed by atoms with Gasteiger partial charge < -0.3 is 14.2 Å². The van der Waals surface area contributed by atoms with Crippen molar-refractivity contribution < 1.29 is 28.6 Å². The van der Waals surface area contributed by atoms with E-state index >= 15 is 0 Å². The first-order valence-electron chi connectivity index (χ1n) is 13.9. The number of carbonyl (C=O) groups excluding carboxylic acids is 3. The molecule has 0 fully saturated rings. The van der Waals surface area contributed by atoms with E-state index in [9.17, 15) is 14.4 Å². The fourth-order valence-corrected chi connectivity index (χ4v) is 3.62. The highest BCUT2D eigenvalue weighted by molar-refractivity contribution is 5.71. The molecule has 0 heterocycles. The number of carbonyl (C=O) groups is 3. The predicted octanol–water partition coefficient (Wildman–Crippen LogP) is 7.31. The van der Waals surface area contributed by atoms with Crippen LogP contribution in [0.3, 0.4) is 0 Å². The van der Waals surface area contributed by atoms with Crippen molar-refractivity contribution >= 4 is 17.9 Å². The van der Waals surface area contributed by atoms with Crippen molar-refractivity contribution in [3.63, 3.8) is 0 Å². The Morgan fingerprint density at radius 3 is 1.41 bits per heavy atom. The fourth-order valence-electron chi connectivity index (χ4n) is 3.62. The van der Waals surface area contributed by atoms with Crippen LogP contribution in [-0.4, -0.2) is 37.2 Å².